The fourth-order valence-corrected chi connectivity index (χ4v) is 1.83. The van der Waals surface area contributed by atoms with E-state index < -0.39 is 0 Å². The average molecular weight is 263 g/mol. The van der Waals surface area contributed by atoms with Crippen LogP contribution in [0.15, 0.2) is 18.2 Å². The van der Waals surface area contributed by atoms with E-state index in [0.29, 0.717) is 13.0 Å². The molecule has 0 saturated heterocycles. The van der Waals surface area contributed by atoms with E-state index in [1.54, 1.807) is 0 Å². The molecule has 0 aliphatic rings. The van der Waals surface area contributed by atoms with E-state index in [1.165, 1.54) is 5.56 Å². The SMILES string of the molecule is CC[C@@H](C)NC(=O)CCCOc1ccc(C)cc1C. The summed E-state index contributed by atoms with van der Waals surface area (Å²) in [7, 11) is 0. The standard InChI is InChI=1S/C16H25NO2/c1-5-14(4)17-16(18)7-6-10-19-15-9-8-12(2)11-13(15)3/h8-9,11,14H,5-7,10H2,1-4H3,(H,17,18)/t14-/m1/s1. The Morgan fingerprint density at radius 1 is 1.37 bits per heavy atom. The van der Waals surface area contributed by atoms with E-state index >= 15 is 0 Å². The predicted molar refractivity (Wildman–Crippen MR) is 78.5 cm³/mol. The van der Waals surface area contributed by atoms with Gasteiger partial charge in [0.05, 0.1) is 6.61 Å². The summed E-state index contributed by atoms with van der Waals surface area (Å²) < 4.78 is 5.69. The number of ether oxygens (including phenoxy) is 1. The van der Waals surface area contributed by atoms with Crippen molar-refractivity contribution in [2.24, 2.45) is 0 Å². The van der Waals surface area contributed by atoms with Gasteiger partial charge in [-0.2, -0.15) is 0 Å². The van der Waals surface area contributed by atoms with Crippen LogP contribution in [-0.2, 0) is 4.79 Å². The summed E-state index contributed by atoms with van der Waals surface area (Å²) in [6.45, 7) is 8.77. The van der Waals surface area contributed by atoms with Crippen molar-refractivity contribution in [2.45, 2.75) is 53.0 Å². The van der Waals surface area contributed by atoms with Crippen molar-refractivity contribution >= 4 is 5.91 Å². The lowest BCUT2D eigenvalue weighted by molar-refractivity contribution is -0.121. The summed E-state index contributed by atoms with van der Waals surface area (Å²) in [6.07, 6.45) is 2.23. The Bertz CT molecular complexity index is 415. The summed E-state index contributed by atoms with van der Waals surface area (Å²) in [5.41, 5.74) is 2.38. The second-order valence-corrected chi connectivity index (χ2v) is 5.10. The molecule has 0 radical (unpaired) electrons. The third-order valence-electron chi connectivity index (χ3n) is 3.16. The van der Waals surface area contributed by atoms with Gasteiger partial charge in [-0.1, -0.05) is 24.6 Å². The van der Waals surface area contributed by atoms with E-state index in [2.05, 4.69) is 25.2 Å². The van der Waals surface area contributed by atoms with Gasteiger partial charge in [-0.3, -0.25) is 4.79 Å². The fourth-order valence-electron chi connectivity index (χ4n) is 1.83. The van der Waals surface area contributed by atoms with Gasteiger partial charge >= 0.3 is 0 Å². The van der Waals surface area contributed by atoms with Gasteiger partial charge in [-0.25, -0.2) is 0 Å². The highest BCUT2D eigenvalue weighted by Crippen LogP contribution is 2.18. The van der Waals surface area contributed by atoms with Crippen LogP contribution in [0.25, 0.3) is 0 Å². The van der Waals surface area contributed by atoms with Gasteiger partial charge in [-0.05, 0) is 45.2 Å². The minimum Gasteiger partial charge on any atom is -0.493 e. The van der Waals surface area contributed by atoms with Crippen LogP contribution in [0.2, 0.25) is 0 Å². The lowest BCUT2D eigenvalue weighted by Crippen LogP contribution is -2.31. The highest BCUT2D eigenvalue weighted by Gasteiger charge is 2.05. The molecule has 0 saturated carbocycles. The van der Waals surface area contributed by atoms with E-state index in [9.17, 15) is 4.79 Å². The van der Waals surface area contributed by atoms with E-state index in [0.717, 1.165) is 24.2 Å². The molecule has 0 aliphatic carbocycles. The van der Waals surface area contributed by atoms with Crippen LogP contribution in [0, 0.1) is 13.8 Å². The number of amides is 1. The second kappa shape index (κ2) is 7.82. The molecule has 1 aromatic rings. The molecular weight excluding hydrogens is 238 g/mol. The summed E-state index contributed by atoms with van der Waals surface area (Å²) >= 11 is 0. The maximum absolute atomic E-state index is 11.6. The predicted octanol–water partition coefficient (Wildman–Crippen LogP) is 3.38. The van der Waals surface area contributed by atoms with Gasteiger partial charge < -0.3 is 10.1 Å². The highest BCUT2D eigenvalue weighted by atomic mass is 16.5. The molecule has 0 spiro atoms. The smallest absolute Gasteiger partial charge is 0.220 e. The van der Waals surface area contributed by atoms with Crippen LogP contribution >= 0.6 is 0 Å². The molecule has 0 fully saturated rings. The lowest BCUT2D eigenvalue weighted by Gasteiger charge is -2.12. The molecule has 0 heterocycles. The quantitative estimate of drug-likeness (QED) is 0.766. The monoisotopic (exact) mass is 263 g/mol. The molecule has 0 bridgehead atoms. The average Bonchev–Trinajstić information content (AvgIpc) is 2.36. The first kappa shape index (κ1) is 15.5. The van der Waals surface area contributed by atoms with E-state index in [4.69, 9.17) is 4.74 Å². The van der Waals surface area contributed by atoms with Crippen molar-refractivity contribution in [3.8, 4) is 5.75 Å². The molecule has 1 aromatic carbocycles. The number of nitrogens with one attached hydrogen (secondary N) is 1. The number of aryl methyl sites for hydroxylation is 2. The Morgan fingerprint density at radius 3 is 2.74 bits per heavy atom. The fraction of sp³-hybridized carbons (Fsp3) is 0.562. The van der Waals surface area contributed by atoms with Gasteiger partial charge in [0.1, 0.15) is 5.75 Å². The van der Waals surface area contributed by atoms with Gasteiger partial charge in [0.25, 0.3) is 0 Å². The molecule has 3 heteroatoms. The topological polar surface area (TPSA) is 38.3 Å². The zero-order chi connectivity index (χ0) is 14.3. The van der Waals surface area contributed by atoms with Crippen molar-refractivity contribution < 1.29 is 9.53 Å². The first-order chi connectivity index (χ1) is 9.02. The maximum Gasteiger partial charge on any atom is 0.220 e. The van der Waals surface area contributed by atoms with Crippen LogP contribution in [0.5, 0.6) is 5.75 Å². The molecule has 1 N–H and O–H groups in total. The number of hydrogen-bond acceptors (Lipinski definition) is 2. The zero-order valence-corrected chi connectivity index (χ0v) is 12.5. The molecular formula is C16H25NO2. The Balaban J connectivity index is 2.25. The minimum absolute atomic E-state index is 0.110. The largest absolute Gasteiger partial charge is 0.493 e. The van der Waals surface area contributed by atoms with Crippen molar-refractivity contribution in [1.82, 2.24) is 5.32 Å². The third-order valence-corrected chi connectivity index (χ3v) is 3.16. The first-order valence-corrected chi connectivity index (χ1v) is 7.02. The Morgan fingerprint density at radius 2 is 2.11 bits per heavy atom. The molecule has 1 atom stereocenters. The second-order valence-electron chi connectivity index (χ2n) is 5.10. The summed E-state index contributed by atoms with van der Waals surface area (Å²) in [5.74, 6) is 1.02. The Hall–Kier alpha value is -1.51. The minimum atomic E-state index is 0.110. The van der Waals surface area contributed by atoms with Crippen molar-refractivity contribution in [3.05, 3.63) is 29.3 Å². The number of benzene rings is 1. The molecule has 1 rings (SSSR count). The van der Waals surface area contributed by atoms with E-state index in [-0.39, 0.29) is 11.9 Å². The number of carbonyl (C=O) groups is 1. The Labute approximate surface area is 116 Å². The number of hydrogen-bond donors (Lipinski definition) is 1. The van der Waals surface area contributed by atoms with Crippen LogP contribution in [-0.4, -0.2) is 18.6 Å². The van der Waals surface area contributed by atoms with E-state index in [1.807, 2.05) is 26.0 Å². The molecule has 0 aliphatic heterocycles. The van der Waals surface area contributed by atoms with Crippen LogP contribution in [0.4, 0.5) is 0 Å². The number of carbonyl (C=O) groups excluding carboxylic acids is 1. The Kier molecular flexibility index (Phi) is 6.40. The lowest BCUT2D eigenvalue weighted by atomic mass is 10.1. The summed E-state index contributed by atoms with van der Waals surface area (Å²) in [4.78, 5) is 11.6. The van der Waals surface area contributed by atoms with Crippen molar-refractivity contribution in [1.29, 1.82) is 0 Å². The van der Waals surface area contributed by atoms with Gasteiger partial charge in [0.2, 0.25) is 5.91 Å². The highest BCUT2D eigenvalue weighted by molar-refractivity contribution is 5.76. The van der Waals surface area contributed by atoms with Crippen molar-refractivity contribution in [3.63, 3.8) is 0 Å². The number of rotatable bonds is 7. The molecule has 3 nitrogen and oxygen atoms in total. The summed E-state index contributed by atoms with van der Waals surface area (Å²) in [5, 5.41) is 2.95. The third kappa shape index (κ3) is 5.77. The van der Waals surface area contributed by atoms with Crippen LogP contribution in [0.1, 0.15) is 44.2 Å². The van der Waals surface area contributed by atoms with Gasteiger partial charge in [0.15, 0.2) is 0 Å². The summed E-state index contributed by atoms with van der Waals surface area (Å²) in [6, 6.07) is 6.39. The molecule has 0 unspecified atom stereocenters. The zero-order valence-electron chi connectivity index (χ0n) is 12.5. The normalized spacial score (nSPS) is 12.0. The van der Waals surface area contributed by atoms with Gasteiger partial charge in [0, 0.05) is 12.5 Å². The maximum atomic E-state index is 11.6. The first-order valence-electron chi connectivity index (χ1n) is 7.02. The molecule has 19 heavy (non-hydrogen) atoms. The molecule has 0 aromatic heterocycles. The van der Waals surface area contributed by atoms with Crippen LogP contribution < -0.4 is 10.1 Å². The van der Waals surface area contributed by atoms with Crippen molar-refractivity contribution in [2.75, 3.05) is 6.61 Å². The molecule has 1 amide bonds. The van der Waals surface area contributed by atoms with Crippen LogP contribution in [0.3, 0.4) is 0 Å². The van der Waals surface area contributed by atoms with Gasteiger partial charge in [-0.15, -0.1) is 0 Å². The molecule has 106 valence electrons.